The van der Waals surface area contributed by atoms with Gasteiger partial charge in [0.05, 0.1) is 21.3 Å². The maximum Gasteiger partial charge on any atom is 0.416 e. The van der Waals surface area contributed by atoms with Crippen molar-refractivity contribution in [2.24, 2.45) is 5.92 Å². The van der Waals surface area contributed by atoms with Crippen LogP contribution in [-0.4, -0.2) is 75.9 Å². The van der Waals surface area contributed by atoms with Crippen LogP contribution in [0.4, 0.5) is 13.2 Å². The maximum absolute atomic E-state index is 14.5. The Hall–Kier alpha value is -4.09. The van der Waals surface area contributed by atoms with Crippen molar-refractivity contribution in [3.05, 3.63) is 88.2 Å². The van der Waals surface area contributed by atoms with Crippen molar-refractivity contribution in [3.63, 3.8) is 0 Å². The van der Waals surface area contributed by atoms with Gasteiger partial charge >= 0.3 is 18.1 Å². The molecule has 0 saturated carbocycles. The Labute approximate surface area is 278 Å². The quantitative estimate of drug-likeness (QED) is 0.156. The number of carboxylic acid groups (broad SMARTS) is 1. The summed E-state index contributed by atoms with van der Waals surface area (Å²) in [4.78, 5) is 34.6. The summed E-state index contributed by atoms with van der Waals surface area (Å²) in [6, 6.07) is 7.89. The molecule has 47 heavy (non-hydrogen) atoms. The zero-order valence-electron chi connectivity index (χ0n) is 27.7. The van der Waals surface area contributed by atoms with Crippen LogP contribution in [0.5, 0.6) is 0 Å². The van der Waals surface area contributed by atoms with Gasteiger partial charge in [0.2, 0.25) is 0 Å². The van der Waals surface area contributed by atoms with Crippen molar-refractivity contribution in [2.75, 3.05) is 20.6 Å². The minimum absolute atomic E-state index is 0.0204. The molecule has 0 radical (unpaired) electrons. The normalized spacial score (nSPS) is 15.2. The molecule has 3 aromatic rings. The van der Waals surface area contributed by atoms with Gasteiger partial charge in [-0.25, -0.2) is 9.78 Å². The number of rotatable bonds is 12. The van der Waals surface area contributed by atoms with Crippen molar-refractivity contribution >= 4 is 40.1 Å². The molecule has 0 aliphatic carbocycles. The molecular weight excluding hydrogens is 625 g/mol. The van der Waals surface area contributed by atoms with E-state index in [1.807, 2.05) is 58.0 Å². The van der Waals surface area contributed by atoms with E-state index in [9.17, 15) is 27.9 Å². The summed E-state index contributed by atoms with van der Waals surface area (Å²) >= 11 is 1.41. The van der Waals surface area contributed by atoms with Gasteiger partial charge in [-0.15, -0.1) is 11.3 Å². The van der Waals surface area contributed by atoms with Gasteiger partial charge in [0.15, 0.2) is 12.1 Å². The summed E-state index contributed by atoms with van der Waals surface area (Å²) in [6.07, 6.45) is -2.32. The first kappa shape index (κ1) is 35.8. The fraction of sp³-hybridized carbons (Fsp3) is 0.389. The number of nitrogens with zero attached hydrogens (tertiary/aromatic N) is 4. The number of benzene rings is 2. The van der Waals surface area contributed by atoms with Gasteiger partial charge in [-0.05, 0) is 92.7 Å². The number of hydrogen-bond donors (Lipinski definition) is 1. The number of fused-ring (bicyclic) bond motifs is 1. The highest BCUT2D eigenvalue weighted by molar-refractivity contribution is 7.16. The molecule has 2 heterocycles. The van der Waals surface area contributed by atoms with Crippen LogP contribution in [0, 0.1) is 19.8 Å². The first-order chi connectivity index (χ1) is 22.0. The number of aliphatic carboxylic acids is 1. The number of carbonyl (C=O) groups is 2. The number of carbonyl (C=O) groups excluding carboxylic acids is 1. The van der Waals surface area contributed by atoms with Crippen LogP contribution < -0.4 is 0 Å². The molecule has 0 spiro atoms. The first-order valence-electron chi connectivity index (χ1n) is 15.4. The van der Waals surface area contributed by atoms with Gasteiger partial charge in [0, 0.05) is 24.0 Å². The Kier molecular flexibility index (Phi) is 10.9. The molecule has 7 nitrogen and oxygen atoms in total. The van der Waals surface area contributed by atoms with Gasteiger partial charge < -0.3 is 14.9 Å². The lowest BCUT2D eigenvalue weighted by Gasteiger charge is -2.34. The fourth-order valence-corrected chi connectivity index (χ4v) is 6.84. The topological polar surface area (TPSA) is 76.8 Å². The lowest BCUT2D eigenvalue weighted by Crippen LogP contribution is -2.45. The van der Waals surface area contributed by atoms with Gasteiger partial charge in [-0.2, -0.15) is 17.7 Å². The van der Waals surface area contributed by atoms with E-state index in [2.05, 4.69) is 18.3 Å². The first-order valence-corrected chi connectivity index (χ1v) is 16.3. The molecule has 0 fully saturated rings. The predicted molar refractivity (Wildman–Crippen MR) is 182 cm³/mol. The molecule has 1 N–H and O–H groups in total. The lowest BCUT2D eigenvalue weighted by atomic mass is 9.91. The SMILES string of the molecule is C=C1C=C(C(F)(F)F)C(CCN(C)C)=CN1C(CC(C)C)C(=O)[N+](=C)[C@@H](CC(=O)O)c1cc(-c2c(C)cccc2C)cc2scnc12. The van der Waals surface area contributed by atoms with E-state index in [1.54, 1.807) is 24.5 Å². The highest BCUT2D eigenvalue weighted by Crippen LogP contribution is 2.40. The van der Waals surface area contributed by atoms with Gasteiger partial charge in [0.1, 0.15) is 13.1 Å². The number of carboxylic acids is 1. The highest BCUT2D eigenvalue weighted by Gasteiger charge is 2.43. The van der Waals surface area contributed by atoms with Gasteiger partial charge in [-0.3, -0.25) is 4.79 Å². The summed E-state index contributed by atoms with van der Waals surface area (Å²) in [5, 5.41) is 10.1. The van der Waals surface area contributed by atoms with E-state index in [-0.39, 0.29) is 30.0 Å². The van der Waals surface area contributed by atoms with E-state index in [0.29, 0.717) is 17.6 Å². The molecule has 0 bridgehead atoms. The van der Waals surface area contributed by atoms with Crippen LogP contribution >= 0.6 is 11.3 Å². The zero-order valence-corrected chi connectivity index (χ0v) is 28.5. The Morgan fingerprint density at radius 2 is 1.81 bits per heavy atom. The zero-order chi connectivity index (χ0) is 34.8. The molecule has 250 valence electrons. The van der Waals surface area contributed by atoms with Crippen molar-refractivity contribution in [1.29, 1.82) is 0 Å². The highest BCUT2D eigenvalue weighted by atomic mass is 32.1. The number of halogens is 3. The number of hydrogen-bond acceptors (Lipinski definition) is 6. The molecule has 1 aliphatic heterocycles. The standard InChI is InChI=1S/C36H41F3N4O3S/c1-21(2)14-30(43-19-25(12-13-41(6)7)28(15-24(43)5)36(37,38)39)35(46)42(8)29(18-32(44)45)27-16-26(17-31-34(27)40-20-47-31)33-22(3)10-9-11-23(33)4/h9-11,15-17,19-21,29-30H,5,8,12-14,18H2,1-4,6-7H3/p+1/t29-,30?/m0/s1. The summed E-state index contributed by atoms with van der Waals surface area (Å²) in [5.74, 6) is -1.70. The monoisotopic (exact) mass is 667 g/mol. The lowest BCUT2D eigenvalue weighted by molar-refractivity contribution is -0.489. The number of aryl methyl sites for hydroxylation is 2. The van der Waals surface area contributed by atoms with Crippen LogP contribution in [-0.2, 0) is 9.59 Å². The predicted octanol–water partition coefficient (Wildman–Crippen LogP) is 7.90. The van der Waals surface area contributed by atoms with Crippen molar-refractivity contribution in [2.45, 2.75) is 65.2 Å². The number of alkyl halides is 3. The minimum Gasteiger partial charge on any atom is -0.481 e. The number of thiazole rings is 1. The van der Waals surface area contributed by atoms with Crippen molar-refractivity contribution in [1.82, 2.24) is 14.8 Å². The fourth-order valence-electron chi connectivity index (χ4n) is 6.09. The molecule has 2 aromatic carbocycles. The Balaban J connectivity index is 1.83. The average Bonchev–Trinajstić information content (AvgIpc) is 3.45. The van der Waals surface area contributed by atoms with Crippen LogP contribution in [0.1, 0.15) is 55.8 Å². The second kappa shape index (κ2) is 14.4. The third-order valence-corrected chi connectivity index (χ3v) is 9.13. The number of aromatic nitrogens is 1. The summed E-state index contributed by atoms with van der Waals surface area (Å²) in [5.41, 5.74) is 6.02. The van der Waals surface area contributed by atoms with E-state index in [4.69, 9.17) is 0 Å². The smallest absolute Gasteiger partial charge is 0.416 e. The molecule has 0 saturated heterocycles. The van der Waals surface area contributed by atoms with Crippen LogP contribution in [0.3, 0.4) is 0 Å². The van der Waals surface area contributed by atoms with E-state index >= 15 is 0 Å². The Morgan fingerprint density at radius 1 is 1.15 bits per heavy atom. The van der Waals surface area contributed by atoms with Gasteiger partial charge in [-0.1, -0.05) is 38.6 Å². The van der Waals surface area contributed by atoms with Crippen molar-refractivity contribution < 1.29 is 32.4 Å². The molecule has 11 heteroatoms. The molecular formula is C36H42F3N4O3S+. The third kappa shape index (κ3) is 8.08. The van der Waals surface area contributed by atoms with Crippen LogP contribution in [0.15, 0.2) is 71.5 Å². The second-order valence-corrected chi connectivity index (χ2v) is 13.6. The van der Waals surface area contributed by atoms with E-state index < -0.39 is 42.1 Å². The summed E-state index contributed by atoms with van der Waals surface area (Å²) < 4.78 is 44.3. The Morgan fingerprint density at radius 3 is 2.38 bits per heavy atom. The summed E-state index contributed by atoms with van der Waals surface area (Å²) in [7, 11) is 3.56. The Bertz CT molecular complexity index is 1750. The maximum atomic E-state index is 14.5. The molecule has 1 aromatic heterocycles. The average molecular weight is 668 g/mol. The van der Waals surface area contributed by atoms with E-state index in [0.717, 1.165) is 33.0 Å². The van der Waals surface area contributed by atoms with Crippen LogP contribution in [0.25, 0.3) is 21.3 Å². The number of allylic oxidation sites excluding steroid dienone is 2. The van der Waals surface area contributed by atoms with E-state index in [1.165, 1.54) is 27.0 Å². The van der Waals surface area contributed by atoms with Crippen LogP contribution in [0.2, 0.25) is 0 Å². The molecule has 4 rings (SSSR count). The minimum atomic E-state index is -4.60. The summed E-state index contributed by atoms with van der Waals surface area (Å²) in [6.45, 7) is 16.2. The number of amides is 1. The molecule has 2 atom stereocenters. The molecule has 1 amide bonds. The second-order valence-electron chi connectivity index (χ2n) is 12.8. The third-order valence-electron chi connectivity index (χ3n) is 8.35. The molecule has 1 aliphatic rings. The van der Waals surface area contributed by atoms with Gasteiger partial charge in [0.25, 0.3) is 0 Å². The molecule has 1 unspecified atom stereocenters. The van der Waals surface area contributed by atoms with Crippen molar-refractivity contribution in [3.8, 4) is 11.1 Å². The largest absolute Gasteiger partial charge is 0.481 e.